The number of carbonyl (C=O) groups excluding carboxylic acids is 2. The summed E-state index contributed by atoms with van der Waals surface area (Å²) in [5.41, 5.74) is 2.00. The number of anilines is 2. The maximum Gasteiger partial charge on any atom is 0.417 e. The molecular weight excluding hydrogens is 412 g/mol. The number of fused-ring (bicyclic) bond motifs is 2. The summed E-state index contributed by atoms with van der Waals surface area (Å²) in [6.07, 6.45) is 1.43. The summed E-state index contributed by atoms with van der Waals surface area (Å²) >= 11 is -2.47. The van der Waals surface area contributed by atoms with E-state index in [1.165, 1.54) is 37.3 Å². The number of likely N-dealkylation sites (N-methyl/N-ethyl adjacent to an activating group) is 1. The fraction of sp³-hybridized carbons (Fsp3) is 0.105. The van der Waals surface area contributed by atoms with Crippen LogP contribution >= 0.6 is 0 Å². The molecule has 0 saturated carbocycles. The Balaban J connectivity index is 1.83. The number of nitrogens with one attached hydrogen (secondary N) is 2. The van der Waals surface area contributed by atoms with Crippen molar-refractivity contribution in [3.63, 3.8) is 0 Å². The molecule has 1 amide bonds. The van der Waals surface area contributed by atoms with Gasteiger partial charge in [-0.3, -0.25) is 19.1 Å². The van der Waals surface area contributed by atoms with Crippen molar-refractivity contribution in [2.45, 2.75) is 0 Å². The maximum absolute atomic E-state index is 12.5. The Labute approximate surface area is 171 Å². The normalized spacial score (nSPS) is 12.2. The Kier molecular flexibility index (Phi) is 4.76. The minimum Gasteiger partial charge on any atom is -0.408 e. The van der Waals surface area contributed by atoms with Crippen LogP contribution in [0.25, 0.3) is 22.0 Å². The number of aromatic nitrogens is 2. The van der Waals surface area contributed by atoms with Gasteiger partial charge in [0.25, 0.3) is 23.0 Å². The number of hydrogen-bond donors (Lipinski definition) is 3. The van der Waals surface area contributed by atoms with Gasteiger partial charge in [-0.1, -0.05) is 0 Å². The van der Waals surface area contributed by atoms with Crippen LogP contribution in [0, 0.1) is 0 Å². The summed E-state index contributed by atoms with van der Waals surface area (Å²) in [4.78, 5) is 42.6. The third-order valence-electron chi connectivity index (χ3n) is 4.54. The molecule has 154 valence electrons. The van der Waals surface area contributed by atoms with E-state index >= 15 is 0 Å². The fourth-order valence-corrected chi connectivity index (χ4v) is 3.72. The molecule has 0 saturated heterocycles. The molecule has 30 heavy (non-hydrogen) atoms. The molecule has 0 aliphatic rings. The zero-order valence-corrected chi connectivity index (χ0v) is 16.6. The summed E-state index contributed by atoms with van der Waals surface area (Å²) in [5.74, 6) is -2.02. The maximum atomic E-state index is 12.5. The van der Waals surface area contributed by atoms with Crippen molar-refractivity contribution >= 4 is 56.3 Å². The topological polar surface area (TPSA) is 140 Å². The van der Waals surface area contributed by atoms with Crippen molar-refractivity contribution in [1.29, 1.82) is 0 Å². The van der Waals surface area contributed by atoms with Crippen molar-refractivity contribution in [2.24, 2.45) is 0 Å². The SMILES string of the molecule is CN(C)C(=O)C(=O)c1c[nH]c2ccc(N(c3ccc4[nH]c(=O)oc4c3)S(=O)O)cc12. The predicted octanol–water partition coefficient (Wildman–Crippen LogP) is 2.15. The monoisotopic (exact) mass is 428 g/mol. The fourth-order valence-electron chi connectivity index (χ4n) is 3.13. The summed E-state index contributed by atoms with van der Waals surface area (Å²) in [6, 6.07) is 9.31. The molecule has 2 aromatic carbocycles. The second-order valence-corrected chi connectivity index (χ2v) is 7.51. The van der Waals surface area contributed by atoms with Crippen molar-refractivity contribution in [2.75, 3.05) is 18.4 Å². The third kappa shape index (κ3) is 3.29. The lowest BCUT2D eigenvalue weighted by atomic mass is 10.1. The molecule has 0 spiro atoms. The molecule has 10 nitrogen and oxygen atoms in total. The molecule has 4 rings (SSSR count). The number of carbonyl (C=O) groups is 2. The molecule has 3 N–H and O–H groups in total. The zero-order valence-electron chi connectivity index (χ0n) is 15.8. The van der Waals surface area contributed by atoms with Crippen LogP contribution in [-0.4, -0.2) is 49.4 Å². The first-order valence-electron chi connectivity index (χ1n) is 8.67. The number of benzene rings is 2. The van der Waals surface area contributed by atoms with Crippen LogP contribution in [0.5, 0.6) is 0 Å². The van der Waals surface area contributed by atoms with Gasteiger partial charge < -0.3 is 14.3 Å². The van der Waals surface area contributed by atoms with Gasteiger partial charge in [-0.2, -0.15) is 0 Å². The molecule has 1 unspecified atom stereocenters. The molecule has 0 aliphatic carbocycles. The molecule has 0 bridgehead atoms. The lowest BCUT2D eigenvalue weighted by molar-refractivity contribution is -0.124. The number of amides is 1. The van der Waals surface area contributed by atoms with Crippen LogP contribution in [0.3, 0.4) is 0 Å². The largest absolute Gasteiger partial charge is 0.417 e. The average Bonchev–Trinajstić information content (AvgIpc) is 3.28. The second-order valence-electron chi connectivity index (χ2n) is 6.68. The molecular formula is C19H16N4O6S. The summed E-state index contributed by atoms with van der Waals surface area (Å²) in [6.45, 7) is 0. The molecule has 0 fully saturated rings. The second kappa shape index (κ2) is 7.28. The van der Waals surface area contributed by atoms with Gasteiger partial charge in [-0.15, -0.1) is 0 Å². The molecule has 0 aliphatic heterocycles. The molecule has 11 heteroatoms. The number of nitrogens with zero attached hydrogens (tertiary/aromatic N) is 2. The van der Waals surface area contributed by atoms with Gasteiger partial charge in [0, 0.05) is 37.3 Å². The van der Waals surface area contributed by atoms with Crippen LogP contribution < -0.4 is 10.1 Å². The lowest BCUT2D eigenvalue weighted by Crippen LogP contribution is -2.29. The number of oxazole rings is 1. The minimum absolute atomic E-state index is 0.154. The van der Waals surface area contributed by atoms with Crippen molar-refractivity contribution in [1.82, 2.24) is 14.9 Å². The van der Waals surface area contributed by atoms with E-state index in [9.17, 15) is 23.1 Å². The minimum atomic E-state index is -2.47. The van der Waals surface area contributed by atoms with Gasteiger partial charge in [0.05, 0.1) is 22.5 Å². The van der Waals surface area contributed by atoms with Crippen LogP contribution in [0.4, 0.5) is 11.4 Å². The quantitative estimate of drug-likeness (QED) is 0.253. The van der Waals surface area contributed by atoms with Crippen molar-refractivity contribution in [3.05, 3.63) is 58.7 Å². The number of H-pyrrole nitrogens is 2. The smallest absolute Gasteiger partial charge is 0.408 e. The highest BCUT2D eigenvalue weighted by Crippen LogP contribution is 2.32. The molecule has 4 aromatic rings. The van der Waals surface area contributed by atoms with Gasteiger partial charge in [-0.05, 0) is 30.3 Å². The standard InChI is InChI=1S/C19H16N4O6S/c1-22(2)18(25)17(24)13-9-20-14-5-3-10(7-12(13)14)23(30(27)28)11-4-6-15-16(8-11)29-19(26)21-15/h3-9,20H,1-2H3,(H,21,26)(H,27,28). The Morgan fingerprint density at radius 3 is 2.40 bits per heavy atom. The van der Waals surface area contributed by atoms with Crippen LogP contribution in [-0.2, 0) is 16.1 Å². The van der Waals surface area contributed by atoms with Gasteiger partial charge in [0.15, 0.2) is 5.58 Å². The van der Waals surface area contributed by atoms with E-state index in [4.69, 9.17) is 4.42 Å². The highest BCUT2D eigenvalue weighted by Gasteiger charge is 2.23. The summed E-state index contributed by atoms with van der Waals surface area (Å²) in [7, 11) is 2.96. The average molecular weight is 428 g/mol. The van der Waals surface area contributed by atoms with E-state index in [0.29, 0.717) is 27.8 Å². The van der Waals surface area contributed by atoms with Gasteiger partial charge in [-0.25, -0.2) is 13.3 Å². The number of rotatable bonds is 5. The summed E-state index contributed by atoms with van der Waals surface area (Å²) in [5, 5.41) is 0.428. The molecule has 0 radical (unpaired) electrons. The van der Waals surface area contributed by atoms with E-state index in [0.717, 1.165) is 4.31 Å². The zero-order chi connectivity index (χ0) is 21.6. The molecule has 2 aromatic heterocycles. The lowest BCUT2D eigenvalue weighted by Gasteiger charge is -2.20. The van der Waals surface area contributed by atoms with Crippen LogP contribution in [0.1, 0.15) is 10.4 Å². The number of Topliss-reactive ketones (excluding diaryl/α,β-unsaturated/α-hetero) is 1. The predicted molar refractivity (Wildman–Crippen MR) is 111 cm³/mol. The molecule has 1 atom stereocenters. The van der Waals surface area contributed by atoms with Gasteiger partial charge in [0.1, 0.15) is 0 Å². The van der Waals surface area contributed by atoms with E-state index in [1.54, 1.807) is 24.3 Å². The Morgan fingerprint density at radius 1 is 1.07 bits per heavy atom. The van der Waals surface area contributed by atoms with E-state index in [1.807, 2.05) is 0 Å². The van der Waals surface area contributed by atoms with E-state index < -0.39 is 28.7 Å². The number of aromatic amines is 2. The Bertz CT molecular complexity index is 1380. The summed E-state index contributed by atoms with van der Waals surface area (Å²) < 4.78 is 28.2. The first-order chi connectivity index (χ1) is 14.3. The Morgan fingerprint density at radius 2 is 1.73 bits per heavy atom. The highest BCUT2D eigenvalue weighted by atomic mass is 32.2. The first kappa shape index (κ1) is 19.6. The van der Waals surface area contributed by atoms with Gasteiger partial charge in [0.2, 0.25) is 0 Å². The van der Waals surface area contributed by atoms with Crippen LogP contribution in [0.15, 0.2) is 51.8 Å². The first-order valence-corrected chi connectivity index (χ1v) is 9.73. The third-order valence-corrected chi connectivity index (χ3v) is 5.27. The number of ketones is 1. The van der Waals surface area contributed by atoms with Gasteiger partial charge >= 0.3 is 5.76 Å². The Hall–Kier alpha value is -3.70. The van der Waals surface area contributed by atoms with E-state index in [-0.39, 0.29) is 11.1 Å². The van der Waals surface area contributed by atoms with Crippen molar-refractivity contribution < 1.29 is 22.8 Å². The van der Waals surface area contributed by atoms with Crippen LogP contribution in [0.2, 0.25) is 0 Å². The highest BCUT2D eigenvalue weighted by molar-refractivity contribution is 7.81. The molecule has 2 heterocycles. The van der Waals surface area contributed by atoms with E-state index in [2.05, 4.69) is 9.97 Å². The van der Waals surface area contributed by atoms with Crippen molar-refractivity contribution in [3.8, 4) is 0 Å². The number of hydrogen-bond acceptors (Lipinski definition) is 5.